The van der Waals surface area contributed by atoms with Gasteiger partial charge in [-0.05, 0) is 39.8 Å². The van der Waals surface area contributed by atoms with Crippen molar-refractivity contribution in [3.8, 4) is 5.75 Å². The van der Waals surface area contributed by atoms with Crippen molar-refractivity contribution in [2.45, 2.75) is 39.4 Å². The predicted octanol–water partition coefficient (Wildman–Crippen LogP) is 1.51. The molecule has 0 aromatic heterocycles. The zero-order chi connectivity index (χ0) is 17.2. The monoisotopic (exact) mass is 325 g/mol. The Kier molecular flexibility index (Phi) is 5.16. The molecule has 6 nitrogen and oxygen atoms in total. The highest BCUT2D eigenvalue weighted by Gasteiger charge is 2.40. The molecule has 8 heteroatoms. The van der Waals surface area contributed by atoms with Gasteiger partial charge in [-0.2, -0.15) is 0 Å². The van der Waals surface area contributed by atoms with Gasteiger partial charge in [-0.15, -0.1) is 0 Å². The number of halogens is 1. The van der Waals surface area contributed by atoms with Gasteiger partial charge < -0.3 is 24.5 Å². The van der Waals surface area contributed by atoms with Crippen molar-refractivity contribution in [2.24, 2.45) is 0 Å². The zero-order valence-corrected chi connectivity index (χ0v) is 13.7. The van der Waals surface area contributed by atoms with Crippen LogP contribution in [0.5, 0.6) is 5.75 Å². The number of fused-ring (bicyclic) bond motifs is 1. The molecule has 2 rings (SSSR count). The predicted molar refractivity (Wildman–Crippen MR) is 83.2 cm³/mol. The van der Waals surface area contributed by atoms with Gasteiger partial charge in [0.2, 0.25) is 0 Å². The lowest BCUT2D eigenvalue weighted by Crippen LogP contribution is -2.35. The summed E-state index contributed by atoms with van der Waals surface area (Å²) in [6, 6.07) is 2.71. The second-order valence-corrected chi connectivity index (χ2v) is 6.17. The van der Waals surface area contributed by atoms with Crippen LogP contribution in [0.2, 0.25) is 0 Å². The Hall–Kier alpha value is -1.80. The summed E-state index contributed by atoms with van der Waals surface area (Å²) in [5, 5.41) is 12.5. The van der Waals surface area contributed by atoms with Crippen LogP contribution in [0.3, 0.4) is 0 Å². The lowest BCUT2D eigenvalue weighted by atomic mass is 9.78. The van der Waals surface area contributed by atoms with Crippen LogP contribution >= 0.6 is 0 Å². The second-order valence-electron chi connectivity index (χ2n) is 6.17. The van der Waals surface area contributed by atoms with E-state index in [-0.39, 0.29) is 17.6 Å². The molecule has 1 aliphatic rings. The lowest BCUT2D eigenvalue weighted by Gasteiger charge is -2.21. The molecule has 0 unspecified atom stereocenters. The molecule has 1 aromatic carbocycles. The molecule has 0 saturated carbocycles. The standard InChI is InChI=1S/C15H21BFNO5/c1-5-21-10-7-6-9(17)12-11(23-16(20)13(10)12)8-18-14(19)22-15(2,3)4/h6-7,11,20H,5,8H2,1-4H3,(H,18,19)/t11-/m1/s1. The van der Waals surface area contributed by atoms with Crippen LogP contribution in [0.4, 0.5) is 9.18 Å². The molecule has 1 heterocycles. The first-order valence-corrected chi connectivity index (χ1v) is 7.48. The number of hydrogen-bond acceptors (Lipinski definition) is 5. The summed E-state index contributed by atoms with van der Waals surface area (Å²) in [6.07, 6.45) is -1.45. The van der Waals surface area contributed by atoms with E-state index in [1.165, 1.54) is 12.1 Å². The average molecular weight is 325 g/mol. The van der Waals surface area contributed by atoms with Crippen LogP contribution < -0.4 is 15.5 Å². The normalized spacial score (nSPS) is 17.0. The van der Waals surface area contributed by atoms with Crippen LogP contribution in [-0.4, -0.2) is 37.0 Å². The lowest BCUT2D eigenvalue weighted by molar-refractivity contribution is 0.0497. The smallest absolute Gasteiger partial charge is 0.494 e. The summed E-state index contributed by atoms with van der Waals surface area (Å²) < 4.78 is 30.0. The van der Waals surface area contributed by atoms with E-state index in [1.54, 1.807) is 27.7 Å². The number of carbonyl (C=O) groups excluding carboxylic acids is 1. The number of alkyl carbamates (subject to hydrolysis) is 1. The molecule has 126 valence electrons. The maximum atomic E-state index is 14.1. The van der Waals surface area contributed by atoms with E-state index in [9.17, 15) is 14.2 Å². The van der Waals surface area contributed by atoms with E-state index in [2.05, 4.69) is 5.32 Å². The Morgan fingerprint density at radius 1 is 1.48 bits per heavy atom. The van der Waals surface area contributed by atoms with Gasteiger partial charge in [-0.3, -0.25) is 0 Å². The molecule has 1 aromatic rings. The summed E-state index contributed by atoms with van der Waals surface area (Å²) in [5.41, 5.74) is -0.173. The van der Waals surface area contributed by atoms with Gasteiger partial charge in [0.05, 0.1) is 12.7 Å². The Bertz CT molecular complexity index is 590. The molecular formula is C15H21BFNO5. The van der Waals surface area contributed by atoms with Gasteiger partial charge in [0, 0.05) is 17.6 Å². The van der Waals surface area contributed by atoms with Crippen molar-refractivity contribution in [3.05, 3.63) is 23.5 Å². The molecule has 0 saturated heterocycles. The maximum Gasteiger partial charge on any atom is 0.495 e. The number of amides is 1. The minimum atomic E-state index is -1.30. The highest BCUT2D eigenvalue weighted by molar-refractivity contribution is 6.62. The third-order valence-electron chi connectivity index (χ3n) is 3.19. The third kappa shape index (κ3) is 4.14. The van der Waals surface area contributed by atoms with Crippen molar-refractivity contribution < 1.29 is 28.3 Å². The molecule has 23 heavy (non-hydrogen) atoms. The van der Waals surface area contributed by atoms with Crippen molar-refractivity contribution in [1.82, 2.24) is 5.32 Å². The quantitative estimate of drug-likeness (QED) is 0.821. The topological polar surface area (TPSA) is 77.0 Å². The van der Waals surface area contributed by atoms with Crippen molar-refractivity contribution in [2.75, 3.05) is 13.2 Å². The average Bonchev–Trinajstić information content (AvgIpc) is 2.76. The first kappa shape index (κ1) is 17.6. The van der Waals surface area contributed by atoms with Gasteiger partial charge >= 0.3 is 13.2 Å². The fourth-order valence-electron chi connectivity index (χ4n) is 2.39. The molecule has 1 atom stereocenters. The maximum absolute atomic E-state index is 14.1. The Balaban J connectivity index is 2.14. The number of benzene rings is 1. The highest BCUT2D eigenvalue weighted by Crippen LogP contribution is 2.29. The summed E-state index contributed by atoms with van der Waals surface area (Å²) in [4.78, 5) is 11.7. The molecule has 0 aliphatic carbocycles. The molecule has 0 fully saturated rings. The van der Waals surface area contributed by atoms with Crippen LogP contribution in [-0.2, 0) is 9.39 Å². The first-order chi connectivity index (χ1) is 10.7. The minimum absolute atomic E-state index is 0.0223. The molecular weight excluding hydrogens is 304 g/mol. The largest absolute Gasteiger partial charge is 0.495 e. The van der Waals surface area contributed by atoms with E-state index >= 15 is 0 Å². The van der Waals surface area contributed by atoms with Gasteiger partial charge in [0.1, 0.15) is 17.2 Å². The fraction of sp³-hybridized carbons (Fsp3) is 0.533. The molecule has 1 aliphatic heterocycles. The van der Waals surface area contributed by atoms with Crippen LogP contribution in [0, 0.1) is 5.82 Å². The Morgan fingerprint density at radius 2 is 2.17 bits per heavy atom. The van der Waals surface area contributed by atoms with E-state index < -0.39 is 30.7 Å². The fourth-order valence-corrected chi connectivity index (χ4v) is 2.39. The molecule has 1 amide bonds. The van der Waals surface area contributed by atoms with Gasteiger partial charge in [0.15, 0.2) is 0 Å². The molecule has 2 N–H and O–H groups in total. The van der Waals surface area contributed by atoms with E-state index in [0.29, 0.717) is 12.4 Å². The SMILES string of the molecule is CCOc1ccc(F)c2c1B(O)O[C@@H]2CNC(=O)OC(C)(C)C. The van der Waals surface area contributed by atoms with Crippen molar-refractivity contribution in [3.63, 3.8) is 0 Å². The number of hydrogen-bond donors (Lipinski definition) is 2. The molecule has 0 spiro atoms. The van der Waals surface area contributed by atoms with E-state index in [0.717, 1.165) is 0 Å². The second kappa shape index (κ2) is 6.76. The number of rotatable bonds is 4. The number of ether oxygens (including phenoxy) is 2. The van der Waals surface area contributed by atoms with Gasteiger partial charge in [0.25, 0.3) is 0 Å². The Morgan fingerprint density at radius 3 is 2.78 bits per heavy atom. The van der Waals surface area contributed by atoms with Crippen LogP contribution in [0.25, 0.3) is 0 Å². The first-order valence-electron chi connectivity index (χ1n) is 7.48. The van der Waals surface area contributed by atoms with Crippen LogP contribution in [0.15, 0.2) is 12.1 Å². The molecule has 0 bridgehead atoms. The summed E-state index contributed by atoms with van der Waals surface area (Å²) in [6.45, 7) is 7.37. The van der Waals surface area contributed by atoms with Crippen molar-refractivity contribution in [1.29, 1.82) is 0 Å². The minimum Gasteiger partial charge on any atom is -0.494 e. The summed E-state index contributed by atoms with van der Waals surface area (Å²) >= 11 is 0. The van der Waals surface area contributed by atoms with Gasteiger partial charge in [-0.1, -0.05) is 0 Å². The van der Waals surface area contributed by atoms with E-state index in [1.807, 2.05) is 0 Å². The molecule has 0 radical (unpaired) electrons. The highest BCUT2D eigenvalue weighted by atomic mass is 19.1. The zero-order valence-electron chi connectivity index (χ0n) is 13.7. The third-order valence-corrected chi connectivity index (χ3v) is 3.19. The Labute approximate surface area is 135 Å². The number of carbonyl (C=O) groups is 1. The van der Waals surface area contributed by atoms with Crippen LogP contribution in [0.1, 0.15) is 39.4 Å². The summed E-state index contributed by atoms with van der Waals surface area (Å²) in [7, 11) is -1.30. The number of nitrogens with one attached hydrogen (secondary N) is 1. The van der Waals surface area contributed by atoms with E-state index in [4.69, 9.17) is 14.1 Å². The van der Waals surface area contributed by atoms with Gasteiger partial charge in [-0.25, -0.2) is 9.18 Å². The van der Waals surface area contributed by atoms with Crippen molar-refractivity contribution >= 4 is 18.7 Å². The summed E-state index contributed by atoms with van der Waals surface area (Å²) in [5.74, 6) is -0.146.